The molecule has 0 amide bonds. The Morgan fingerprint density at radius 3 is 2.69 bits per heavy atom. The summed E-state index contributed by atoms with van der Waals surface area (Å²) in [4.78, 5) is 0.635. The Morgan fingerprint density at radius 2 is 2.15 bits per heavy atom. The van der Waals surface area contributed by atoms with Gasteiger partial charge in [-0.15, -0.1) is 0 Å². The number of rotatable bonds is 3. The van der Waals surface area contributed by atoms with Crippen LogP contribution < -0.4 is 5.32 Å². The van der Waals surface area contributed by atoms with Gasteiger partial charge in [0, 0.05) is 19.1 Å². The Hall–Kier alpha value is -0.290. The summed E-state index contributed by atoms with van der Waals surface area (Å²) in [6.45, 7) is 3.21. The Balaban J connectivity index is 2.44. The second-order valence-electron chi connectivity index (χ2n) is 3.26. The lowest BCUT2D eigenvalue weighted by atomic mass is 10.2. The molecule has 0 spiro atoms. The van der Waals surface area contributed by atoms with Crippen LogP contribution in [0.2, 0.25) is 0 Å². The Kier molecular flexibility index (Phi) is 3.55. The van der Waals surface area contributed by atoms with Crippen molar-refractivity contribution < 1.29 is 13.2 Å². The van der Waals surface area contributed by atoms with Crippen molar-refractivity contribution in [3.05, 3.63) is 0 Å². The first-order valence-corrected chi connectivity index (χ1v) is 4.60. The molecule has 0 radical (unpaired) electrons. The van der Waals surface area contributed by atoms with E-state index >= 15 is 0 Å². The average molecular weight is 196 g/mol. The van der Waals surface area contributed by atoms with Gasteiger partial charge in [0.05, 0.1) is 0 Å². The monoisotopic (exact) mass is 196 g/mol. The van der Waals surface area contributed by atoms with Crippen molar-refractivity contribution in [1.29, 1.82) is 0 Å². The molecule has 1 fully saturated rings. The number of hydrogen-bond acceptors (Lipinski definition) is 2. The van der Waals surface area contributed by atoms with Gasteiger partial charge in [0.2, 0.25) is 0 Å². The smallest absolute Gasteiger partial charge is 0.315 e. The molecule has 1 N–H and O–H groups in total. The van der Waals surface area contributed by atoms with Crippen LogP contribution in [0.4, 0.5) is 13.2 Å². The molecule has 0 aliphatic carbocycles. The lowest BCUT2D eigenvalue weighted by Crippen LogP contribution is -2.45. The lowest BCUT2D eigenvalue weighted by molar-refractivity contribution is -0.249. The van der Waals surface area contributed by atoms with Crippen molar-refractivity contribution in [2.24, 2.45) is 0 Å². The van der Waals surface area contributed by atoms with Crippen LogP contribution in [0.1, 0.15) is 19.8 Å². The van der Waals surface area contributed by atoms with E-state index in [1.165, 1.54) is 0 Å². The highest BCUT2D eigenvalue weighted by Gasteiger charge is 2.43. The molecule has 5 heteroatoms. The molecule has 1 rings (SSSR count). The van der Waals surface area contributed by atoms with E-state index in [-0.39, 0.29) is 12.6 Å². The number of halogens is 3. The molecule has 0 aromatic carbocycles. The summed E-state index contributed by atoms with van der Waals surface area (Å²) >= 11 is 0. The topological polar surface area (TPSA) is 15.3 Å². The minimum absolute atomic E-state index is 0.152. The quantitative estimate of drug-likeness (QED) is 0.689. The summed E-state index contributed by atoms with van der Waals surface area (Å²) < 4.78 is 37.0. The largest absolute Gasteiger partial charge is 0.460 e. The van der Waals surface area contributed by atoms with Crippen LogP contribution >= 0.6 is 0 Å². The lowest BCUT2D eigenvalue weighted by Gasteiger charge is -2.26. The van der Waals surface area contributed by atoms with E-state index in [4.69, 9.17) is 0 Å². The Bertz CT molecular complexity index is 158. The van der Waals surface area contributed by atoms with Gasteiger partial charge in [-0.05, 0) is 19.4 Å². The fraction of sp³-hybridized carbons (Fsp3) is 1.00. The van der Waals surface area contributed by atoms with Gasteiger partial charge in [-0.1, -0.05) is 6.92 Å². The van der Waals surface area contributed by atoms with Crippen LogP contribution in [0.5, 0.6) is 0 Å². The first-order chi connectivity index (χ1) is 6.05. The van der Waals surface area contributed by atoms with E-state index in [0.717, 1.165) is 6.54 Å². The second kappa shape index (κ2) is 4.28. The molecular weight excluding hydrogens is 181 g/mol. The first kappa shape index (κ1) is 10.8. The molecule has 1 unspecified atom stereocenters. The molecule has 1 aliphatic heterocycles. The highest BCUT2D eigenvalue weighted by atomic mass is 19.4. The third kappa shape index (κ3) is 2.84. The average Bonchev–Trinajstić information content (AvgIpc) is 2.47. The van der Waals surface area contributed by atoms with Gasteiger partial charge < -0.3 is 5.32 Å². The third-order valence-corrected chi connectivity index (χ3v) is 2.33. The zero-order valence-corrected chi connectivity index (χ0v) is 7.69. The molecule has 78 valence electrons. The molecule has 0 saturated carbocycles. The van der Waals surface area contributed by atoms with Gasteiger partial charge in [0.15, 0.2) is 0 Å². The van der Waals surface area contributed by atoms with Crippen LogP contribution in [-0.4, -0.2) is 36.9 Å². The number of nitrogens with zero attached hydrogens (tertiary/aromatic N) is 1. The summed E-state index contributed by atoms with van der Waals surface area (Å²) in [7, 11) is 0. The number of alkyl halides is 3. The summed E-state index contributed by atoms with van der Waals surface area (Å²) in [5.74, 6) is 0. The van der Waals surface area contributed by atoms with E-state index in [2.05, 4.69) is 5.32 Å². The van der Waals surface area contributed by atoms with E-state index < -0.39 is 6.30 Å². The SMILES string of the molecule is CCNCC1CCCN1C(F)(F)F. The molecule has 1 heterocycles. The molecular formula is C8H15F3N2. The maximum Gasteiger partial charge on any atom is 0.460 e. The standard InChI is InChI=1S/C8H15F3N2/c1-2-12-6-7-4-3-5-13(7)8(9,10)11/h7,12H,2-6H2,1H3. The van der Waals surface area contributed by atoms with E-state index in [0.29, 0.717) is 24.3 Å². The maximum atomic E-state index is 12.3. The molecule has 0 bridgehead atoms. The molecule has 0 aromatic rings. The molecule has 0 aromatic heterocycles. The van der Waals surface area contributed by atoms with Crippen LogP contribution in [0, 0.1) is 0 Å². The van der Waals surface area contributed by atoms with Crippen LogP contribution in [0.3, 0.4) is 0 Å². The van der Waals surface area contributed by atoms with Gasteiger partial charge in [-0.3, -0.25) is 0 Å². The molecule has 1 aliphatic rings. The highest BCUT2D eigenvalue weighted by Crippen LogP contribution is 2.30. The number of hydrogen-bond donors (Lipinski definition) is 1. The van der Waals surface area contributed by atoms with Crippen LogP contribution in [-0.2, 0) is 0 Å². The van der Waals surface area contributed by atoms with Crippen molar-refractivity contribution in [2.75, 3.05) is 19.6 Å². The van der Waals surface area contributed by atoms with Gasteiger partial charge in [-0.2, -0.15) is 13.2 Å². The van der Waals surface area contributed by atoms with Crippen molar-refractivity contribution in [3.8, 4) is 0 Å². The predicted octanol–water partition coefficient (Wildman–Crippen LogP) is 1.58. The fourth-order valence-electron chi connectivity index (χ4n) is 1.69. The van der Waals surface area contributed by atoms with Crippen molar-refractivity contribution in [3.63, 3.8) is 0 Å². The van der Waals surface area contributed by atoms with Crippen molar-refractivity contribution in [2.45, 2.75) is 32.1 Å². The van der Waals surface area contributed by atoms with Gasteiger partial charge in [0.25, 0.3) is 0 Å². The predicted molar refractivity (Wildman–Crippen MR) is 44.3 cm³/mol. The van der Waals surface area contributed by atoms with Crippen LogP contribution in [0.15, 0.2) is 0 Å². The van der Waals surface area contributed by atoms with E-state index in [1.807, 2.05) is 6.92 Å². The summed E-state index contributed by atoms with van der Waals surface area (Å²) in [5.41, 5.74) is 0. The van der Waals surface area contributed by atoms with E-state index in [9.17, 15) is 13.2 Å². The van der Waals surface area contributed by atoms with Gasteiger partial charge in [-0.25, -0.2) is 4.90 Å². The highest BCUT2D eigenvalue weighted by molar-refractivity contribution is 4.82. The number of likely N-dealkylation sites (N-methyl/N-ethyl adjacent to an activating group) is 1. The molecule has 1 saturated heterocycles. The Morgan fingerprint density at radius 1 is 1.46 bits per heavy atom. The first-order valence-electron chi connectivity index (χ1n) is 4.60. The maximum absolute atomic E-state index is 12.3. The second-order valence-corrected chi connectivity index (χ2v) is 3.26. The zero-order valence-electron chi connectivity index (χ0n) is 7.69. The third-order valence-electron chi connectivity index (χ3n) is 2.33. The number of likely N-dealkylation sites (tertiary alicyclic amines) is 1. The van der Waals surface area contributed by atoms with Crippen molar-refractivity contribution >= 4 is 0 Å². The zero-order chi connectivity index (χ0) is 9.90. The molecule has 1 atom stereocenters. The minimum atomic E-state index is -4.16. The minimum Gasteiger partial charge on any atom is -0.315 e. The van der Waals surface area contributed by atoms with Crippen molar-refractivity contribution in [1.82, 2.24) is 10.2 Å². The fourth-order valence-corrected chi connectivity index (χ4v) is 1.69. The molecule has 13 heavy (non-hydrogen) atoms. The Labute approximate surface area is 76.1 Å². The molecule has 2 nitrogen and oxygen atoms in total. The number of nitrogens with one attached hydrogen (secondary N) is 1. The van der Waals surface area contributed by atoms with Crippen LogP contribution in [0.25, 0.3) is 0 Å². The summed E-state index contributed by atoms with van der Waals surface area (Å²) in [5, 5.41) is 2.95. The summed E-state index contributed by atoms with van der Waals surface area (Å²) in [6.07, 6.45) is -2.86. The van der Waals surface area contributed by atoms with Gasteiger partial charge >= 0.3 is 6.30 Å². The summed E-state index contributed by atoms with van der Waals surface area (Å²) in [6, 6.07) is -0.361. The van der Waals surface area contributed by atoms with E-state index in [1.54, 1.807) is 0 Å². The van der Waals surface area contributed by atoms with Gasteiger partial charge in [0.1, 0.15) is 0 Å². The normalized spacial score (nSPS) is 25.4.